The van der Waals surface area contributed by atoms with E-state index in [1.165, 1.54) is 24.8 Å². The maximum atomic E-state index is 11.9. The van der Waals surface area contributed by atoms with Crippen molar-refractivity contribution in [3.05, 3.63) is 35.9 Å². The number of benzene rings is 1. The molecule has 1 fully saturated rings. The van der Waals surface area contributed by atoms with E-state index in [1.807, 2.05) is 18.2 Å². The molecule has 3 heteroatoms. The molecule has 1 unspecified atom stereocenters. The lowest BCUT2D eigenvalue weighted by Crippen LogP contribution is -2.28. The Kier molecular flexibility index (Phi) is 5.13. The molecule has 0 saturated heterocycles. The first kappa shape index (κ1) is 13.8. The van der Waals surface area contributed by atoms with Gasteiger partial charge < -0.3 is 0 Å². The van der Waals surface area contributed by atoms with Crippen molar-refractivity contribution in [2.24, 2.45) is 11.0 Å². The van der Waals surface area contributed by atoms with Gasteiger partial charge in [0.1, 0.15) is 0 Å². The number of nitrogens with zero attached hydrogens (tertiary/aromatic N) is 1. The van der Waals surface area contributed by atoms with E-state index in [-0.39, 0.29) is 17.7 Å². The average Bonchev–Trinajstić information content (AvgIpc) is 2.49. The molecule has 0 aliphatic heterocycles. The first-order valence-corrected chi connectivity index (χ1v) is 7.15. The minimum Gasteiger partial charge on any atom is -0.273 e. The molecule has 0 radical (unpaired) electrons. The molecule has 0 spiro atoms. The van der Waals surface area contributed by atoms with Crippen LogP contribution in [0.4, 0.5) is 0 Å². The largest absolute Gasteiger partial charge is 0.273 e. The molecular formula is C16H22N2O. The number of carbonyl (C=O) groups is 1. The number of hydrazone groups is 1. The van der Waals surface area contributed by atoms with Gasteiger partial charge in [0.25, 0.3) is 0 Å². The van der Waals surface area contributed by atoms with Gasteiger partial charge in [-0.2, -0.15) is 5.10 Å². The number of hydrogen-bond donors (Lipinski definition) is 1. The van der Waals surface area contributed by atoms with Crippen molar-refractivity contribution in [3.8, 4) is 0 Å². The third kappa shape index (κ3) is 4.19. The van der Waals surface area contributed by atoms with Gasteiger partial charge >= 0.3 is 0 Å². The topological polar surface area (TPSA) is 41.5 Å². The Morgan fingerprint density at radius 3 is 2.63 bits per heavy atom. The van der Waals surface area contributed by atoms with E-state index in [2.05, 4.69) is 29.6 Å². The standard InChI is InChI=1S/C16H22N2O/c1-13(14-8-4-2-5-9-14)12-17-18-16(19)15-10-6-3-7-11-15/h2,4-5,8-9,12-13,15H,3,6-7,10-11H2,1H3,(H,18,19)/b17-12+. The number of hydrogen-bond acceptors (Lipinski definition) is 2. The van der Waals surface area contributed by atoms with E-state index < -0.39 is 0 Å². The van der Waals surface area contributed by atoms with Crippen LogP contribution < -0.4 is 5.43 Å². The summed E-state index contributed by atoms with van der Waals surface area (Å²) in [5, 5.41) is 4.10. The average molecular weight is 258 g/mol. The van der Waals surface area contributed by atoms with Gasteiger partial charge in [-0.1, -0.05) is 56.5 Å². The molecule has 1 amide bonds. The summed E-state index contributed by atoms with van der Waals surface area (Å²) in [5.41, 5.74) is 3.89. The Balaban J connectivity index is 1.81. The normalized spacial score (nSPS) is 18.4. The van der Waals surface area contributed by atoms with Crippen molar-refractivity contribution in [2.75, 3.05) is 0 Å². The van der Waals surface area contributed by atoms with E-state index in [1.54, 1.807) is 6.21 Å². The summed E-state index contributed by atoms with van der Waals surface area (Å²) in [4.78, 5) is 11.9. The fourth-order valence-electron chi connectivity index (χ4n) is 2.51. The maximum Gasteiger partial charge on any atom is 0.243 e. The van der Waals surface area contributed by atoms with Crippen LogP contribution in [0.15, 0.2) is 35.4 Å². The molecule has 102 valence electrons. The predicted octanol–water partition coefficient (Wildman–Crippen LogP) is 3.47. The Hall–Kier alpha value is -1.64. The van der Waals surface area contributed by atoms with Crippen molar-refractivity contribution in [3.63, 3.8) is 0 Å². The monoisotopic (exact) mass is 258 g/mol. The summed E-state index contributed by atoms with van der Waals surface area (Å²) in [6, 6.07) is 10.2. The first-order valence-electron chi connectivity index (χ1n) is 7.15. The fourth-order valence-corrected chi connectivity index (χ4v) is 2.51. The molecule has 0 aromatic heterocycles. The molecular weight excluding hydrogens is 236 g/mol. The fraction of sp³-hybridized carbons (Fsp3) is 0.500. The van der Waals surface area contributed by atoms with Gasteiger partial charge in [0.15, 0.2) is 0 Å². The van der Waals surface area contributed by atoms with Gasteiger partial charge in [0, 0.05) is 18.1 Å². The predicted molar refractivity (Wildman–Crippen MR) is 78.1 cm³/mol. The summed E-state index contributed by atoms with van der Waals surface area (Å²) in [6.45, 7) is 2.07. The highest BCUT2D eigenvalue weighted by Crippen LogP contribution is 2.23. The van der Waals surface area contributed by atoms with Gasteiger partial charge in [-0.15, -0.1) is 0 Å². The SMILES string of the molecule is CC(/C=N/NC(=O)C1CCCCC1)c1ccccc1. The summed E-state index contributed by atoms with van der Waals surface area (Å²) in [7, 11) is 0. The highest BCUT2D eigenvalue weighted by Gasteiger charge is 2.20. The van der Waals surface area contributed by atoms with E-state index in [0.717, 1.165) is 12.8 Å². The zero-order valence-corrected chi connectivity index (χ0v) is 11.5. The van der Waals surface area contributed by atoms with Gasteiger partial charge in [-0.25, -0.2) is 5.43 Å². The van der Waals surface area contributed by atoms with Crippen molar-refractivity contribution in [1.29, 1.82) is 0 Å². The van der Waals surface area contributed by atoms with Gasteiger partial charge in [-0.05, 0) is 18.4 Å². The van der Waals surface area contributed by atoms with Crippen LogP contribution in [-0.4, -0.2) is 12.1 Å². The molecule has 0 heterocycles. The smallest absolute Gasteiger partial charge is 0.243 e. The Morgan fingerprint density at radius 2 is 1.95 bits per heavy atom. The Bertz CT molecular complexity index is 422. The van der Waals surface area contributed by atoms with Crippen molar-refractivity contribution >= 4 is 12.1 Å². The second-order valence-corrected chi connectivity index (χ2v) is 5.29. The van der Waals surface area contributed by atoms with E-state index >= 15 is 0 Å². The minimum absolute atomic E-state index is 0.0798. The van der Waals surface area contributed by atoms with Crippen LogP contribution in [0.5, 0.6) is 0 Å². The molecule has 1 atom stereocenters. The molecule has 1 aliphatic rings. The zero-order chi connectivity index (χ0) is 13.5. The number of amides is 1. The van der Waals surface area contributed by atoms with Crippen LogP contribution in [0.1, 0.15) is 50.5 Å². The van der Waals surface area contributed by atoms with Crippen LogP contribution in [0.25, 0.3) is 0 Å². The van der Waals surface area contributed by atoms with Crippen molar-refractivity contribution in [1.82, 2.24) is 5.43 Å². The summed E-state index contributed by atoms with van der Waals surface area (Å²) in [5.74, 6) is 0.460. The molecule has 1 aliphatic carbocycles. The molecule has 1 N–H and O–H groups in total. The van der Waals surface area contributed by atoms with Gasteiger partial charge in [-0.3, -0.25) is 4.79 Å². The minimum atomic E-state index is 0.0798. The lowest BCUT2D eigenvalue weighted by molar-refractivity contribution is -0.125. The highest BCUT2D eigenvalue weighted by atomic mass is 16.2. The molecule has 0 bridgehead atoms. The quantitative estimate of drug-likeness (QED) is 0.652. The second kappa shape index (κ2) is 7.07. The molecule has 1 aromatic rings. The van der Waals surface area contributed by atoms with E-state index in [0.29, 0.717) is 0 Å². The summed E-state index contributed by atoms with van der Waals surface area (Å²) < 4.78 is 0. The number of carbonyl (C=O) groups excluding carboxylic acids is 1. The van der Waals surface area contributed by atoms with Crippen molar-refractivity contribution in [2.45, 2.75) is 44.9 Å². The number of rotatable bonds is 4. The van der Waals surface area contributed by atoms with Crippen LogP contribution in [-0.2, 0) is 4.79 Å². The third-order valence-electron chi connectivity index (χ3n) is 3.77. The Morgan fingerprint density at radius 1 is 1.26 bits per heavy atom. The summed E-state index contributed by atoms with van der Waals surface area (Å²) in [6.07, 6.45) is 7.42. The molecule has 1 saturated carbocycles. The number of nitrogens with one attached hydrogen (secondary N) is 1. The second-order valence-electron chi connectivity index (χ2n) is 5.29. The van der Waals surface area contributed by atoms with E-state index in [4.69, 9.17) is 0 Å². The summed E-state index contributed by atoms with van der Waals surface area (Å²) >= 11 is 0. The maximum absolute atomic E-state index is 11.9. The zero-order valence-electron chi connectivity index (χ0n) is 11.5. The van der Waals surface area contributed by atoms with E-state index in [9.17, 15) is 4.79 Å². The van der Waals surface area contributed by atoms with Crippen LogP contribution in [0.2, 0.25) is 0 Å². The van der Waals surface area contributed by atoms with Crippen LogP contribution in [0.3, 0.4) is 0 Å². The van der Waals surface area contributed by atoms with Gasteiger partial charge in [0.05, 0.1) is 0 Å². The lowest BCUT2D eigenvalue weighted by Gasteiger charge is -2.19. The highest BCUT2D eigenvalue weighted by molar-refractivity contribution is 5.79. The third-order valence-corrected chi connectivity index (χ3v) is 3.77. The van der Waals surface area contributed by atoms with Gasteiger partial charge in [0.2, 0.25) is 5.91 Å². The Labute approximate surface area is 115 Å². The molecule has 19 heavy (non-hydrogen) atoms. The first-order chi connectivity index (χ1) is 9.27. The van der Waals surface area contributed by atoms with Crippen LogP contribution in [0, 0.1) is 5.92 Å². The lowest BCUT2D eigenvalue weighted by atomic mass is 9.89. The molecule has 2 rings (SSSR count). The van der Waals surface area contributed by atoms with Crippen LogP contribution >= 0.6 is 0 Å². The molecule has 3 nitrogen and oxygen atoms in total. The molecule has 1 aromatic carbocycles. The van der Waals surface area contributed by atoms with Crippen molar-refractivity contribution < 1.29 is 4.79 Å².